The Kier molecular flexibility index (Phi) is 5.19. The number of aliphatic hydroxyl groups is 1. The summed E-state index contributed by atoms with van der Waals surface area (Å²) in [6.07, 6.45) is 4.59. The maximum atomic E-state index is 12.8. The molecule has 0 aromatic heterocycles. The Morgan fingerprint density at radius 2 is 2.04 bits per heavy atom. The Labute approximate surface area is 143 Å². The number of nitrogens with zero attached hydrogens (tertiary/aromatic N) is 1. The minimum atomic E-state index is 0.0197. The largest absolute Gasteiger partial charge is 0.396 e. The van der Waals surface area contributed by atoms with Gasteiger partial charge < -0.3 is 15.3 Å². The molecule has 0 saturated heterocycles. The van der Waals surface area contributed by atoms with E-state index in [1.165, 1.54) is 0 Å². The SMILES string of the molecule is CC1CC1C(=O)Nc1cccc(C(=O)N(CCCCO)C2CC2)c1. The Hall–Kier alpha value is -1.88. The molecule has 0 radical (unpaired) electrons. The molecule has 0 aliphatic heterocycles. The number of amides is 2. The number of aliphatic hydroxyl groups excluding tert-OH is 1. The molecule has 130 valence electrons. The van der Waals surface area contributed by atoms with Gasteiger partial charge in [-0.1, -0.05) is 13.0 Å². The fourth-order valence-electron chi connectivity index (χ4n) is 3.05. The average molecular weight is 330 g/mol. The third-order valence-electron chi connectivity index (χ3n) is 4.88. The summed E-state index contributed by atoms with van der Waals surface area (Å²) in [5.74, 6) is 0.651. The second kappa shape index (κ2) is 7.34. The number of nitrogens with one attached hydrogen (secondary N) is 1. The van der Waals surface area contributed by atoms with E-state index in [0.29, 0.717) is 36.2 Å². The first-order valence-electron chi connectivity index (χ1n) is 8.93. The van der Waals surface area contributed by atoms with Gasteiger partial charge in [0.2, 0.25) is 5.91 Å². The Bertz CT molecular complexity index is 612. The van der Waals surface area contributed by atoms with Crippen molar-refractivity contribution in [1.82, 2.24) is 4.90 Å². The highest BCUT2D eigenvalue weighted by Gasteiger charge is 2.39. The summed E-state index contributed by atoms with van der Waals surface area (Å²) in [5.41, 5.74) is 1.31. The van der Waals surface area contributed by atoms with Gasteiger partial charge in [0.15, 0.2) is 0 Å². The Balaban J connectivity index is 1.65. The molecule has 1 aromatic carbocycles. The van der Waals surface area contributed by atoms with E-state index >= 15 is 0 Å². The lowest BCUT2D eigenvalue weighted by molar-refractivity contribution is -0.117. The smallest absolute Gasteiger partial charge is 0.254 e. The predicted octanol–water partition coefficient (Wildman–Crippen LogP) is 2.66. The van der Waals surface area contributed by atoms with Gasteiger partial charge in [-0.15, -0.1) is 0 Å². The number of carbonyl (C=O) groups is 2. The number of hydrogen-bond donors (Lipinski definition) is 2. The quantitative estimate of drug-likeness (QED) is 0.720. The molecule has 2 fully saturated rings. The number of anilines is 1. The van der Waals surface area contributed by atoms with E-state index in [1.54, 1.807) is 12.1 Å². The molecule has 1 aromatic rings. The zero-order valence-corrected chi connectivity index (χ0v) is 14.2. The van der Waals surface area contributed by atoms with Crippen LogP contribution in [0.3, 0.4) is 0 Å². The molecule has 3 rings (SSSR count). The van der Waals surface area contributed by atoms with Crippen LogP contribution in [0.15, 0.2) is 24.3 Å². The van der Waals surface area contributed by atoms with E-state index in [1.807, 2.05) is 17.0 Å². The van der Waals surface area contributed by atoms with E-state index in [9.17, 15) is 9.59 Å². The van der Waals surface area contributed by atoms with Crippen LogP contribution in [0.25, 0.3) is 0 Å². The zero-order chi connectivity index (χ0) is 17.1. The van der Waals surface area contributed by atoms with E-state index in [-0.39, 0.29) is 24.3 Å². The monoisotopic (exact) mass is 330 g/mol. The number of benzene rings is 1. The number of hydrogen-bond acceptors (Lipinski definition) is 3. The van der Waals surface area contributed by atoms with Gasteiger partial charge in [-0.25, -0.2) is 0 Å². The highest BCUT2D eigenvalue weighted by molar-refractivity contribution is 5.98. The first-order chi connectivity index (χ1) is 11.6. The molecule has 2 atom stereocenters. The van der Waals surface area contributed by atoms with Crippen molar-refractivity contribution in [1.29, 1.82) is 0 Å². The molecule has 2 aliphatic rings. The van der Waals surface area contributed by atoms with Crippen LogP contribution in [-0.2, 0) is 4.79 Å². The molecule has 5 heteroatoms. The molecule has 2 amide bonds. The van der Waals surface area contributed by atoms with Crippen LogP contribution >= 0.6 is 0 Å². The van der Waals surface area contributed by atoms with Crippen molar-refractivity contribution in [3.63, 3.8) is 0 Å². The van der Waals surface area contributed by atoms with Crippen molar-refractivity contribution in [2.24, 2.45) is 11.8 Å². The summed E-state index contributed by atoms with van der Waals surface area (Å²) >= 11 is 0. The highest BCUT2D eigenvalue weighted by Crippen LogP contribution is 2.38. The number of unbranched alkanes of at least 4 members (excludes halogenated alkanes) is 1. The normalized spacial score (nSPS) is 22.1. The first-order valence-corrected chi connectivity index (χ1v) is 8.93. The van der Waals surface area contributed by atoms with Gasteiger partial charge in [0.05, 0.1) is 0 Å². The lowest BCUT2D eigenvalue weighted by Crippen LogP contribution is -2.34. The van der Waals surface area contributed by atoms with Crippen molar-refractivity contribution in [2.45, 2.75) is 45.1 Å². The topological polar surface area (TPSA) is 69.6 Å². The van der Waals surface area contributed by atoms with Gasteiger partial charge in [0, 0.05) is 36.4 Å². The number of rotatable bonds is 8. The van der Waals surface area contributed by atoms with Crippen molar-refractivity contribution in [2.75, 3.05) is 18.5 Å². The molecular formula is C19H26N2O3. The summed E-state index contributed by atoms with van der Waals surface area (Å²) < 4.78 is 0. The molecule has 0 bridgehead atoms. The van der Waals surface area contributed by atoms with Gasteiger partial charge in [-0.3, -0.25) is 9.59 Å². The third-order valence-corrected chi connectivity index (χ3v) is 4.88. The van der Waals surface area contributed by atoms with Crippen molar-refractivity contribution in [3.8, 4) is 0 Å². The van der Waals surface area contributed by atoms with Crippen molar-refractivity contribution >= 4 is 17.5 Å². The van der Waals surface area contributed by atoms with E-state index in [0.717, 1.165) is 25.7 Å². The van der Waals surface area contributed by atoms with Crippen molar-refractivity contribution in [3.05, 3.63) is 29.8 Å². The van der Waals surface area contributed by atoms with E-state index < -0.39 is 0 Å². The van der Waals surface area contributed by atoms with Crippen molar-refractivity contribution < 1.29 is 14.7 Å². The molecule has 0 spiro atoms. The molecular weight excluding hydrogens is 304 g/mol. The van der Waals surface area contributed by atoms with Crippen LogP contribution in [0.5, 0.6) is 0 Å². The van der Waals surface area contributed by atoms with Gasteiger partial charge >= 0.3 is 0 Å². The van der Waals surface area contributed by atoms with Crippen LogP contribution in [0.2, 0.25) is 0 Å². The molecule has 0 heterocycles. The van der Waals surface area contributed by atoms with Gasteiger partial charge in [-0.05, 0) is 56.2 Å². The van der Waals surface area contributed by atoms with Gasteiger partial charge in [-0.2, -0.15) is 0 Å². The summed E-state index contributed by atoms with van der Waals surface area (Å²) in [6.45, 7) is 2.91. The second-order valence-electron chi connectivity index (χ2n) is 7.05. The third kappa shape index (κ3) is 4.15. The van der Waals surface area contributed by atoms with Crippen LogP contribution in [0.1, 0.15) is 49.4 Å². The molecule has 5 nitrogen and oxygen atoms in total. The summed E-state index contributed by atoms with van der Waals surface area (Å²) in [5, 5.41) is 11.9. The van der Waals surface area contributed by atoms with Crippen LogP contribution in [0.4, 0.5) is 5.69 Å². The summed E-state index contributed by atoms with van der Waals surface area (Å²) in [4.78, 5) is 26.8. The molecule has 2 aliphatic carbocycles. The fourth-order valence-corrected chi connectivity index (χ4v) is 3.05. The Morgan fingerprint density at radius 3 is 2.67 bits per heavy atom. The standard InChI is InChI=1S/C19H26N2O3/c1-13-11-17(13)18(23)20-15-6-4-5-14(12-15)19(24)21(16-7-8-16)9-2-3-10-22/h4-6,12-13,16-17,22H,2-3,7-11H2,1H3,(H,20,23). The highest BCUT2D eigenvalue weighted by atomic mass is 16.3. The minimum absolute atomic E-state index is 0.0197. The van der Waals surface area contributed by atoms with Gasteiger partial charge in [0.1, 0.15) is 0 Å². The molecule has 24 heavy (non-hydrogen) atoms. The predicted molar refractivity (Wildman–Crippen MR) is 92.7 cm³/mol. The van der Waals surface area contributed by atoms with E-state index in [4.69, 9.17) is 5.11 Å². The summed E-state index contributed by atoms with van der Waals surface area (Å²) in [7, 11) is 0. The van der Waals surface area contributed by atoms with E-state index in [2.05, 4.69) is 12.2 Å². The van der Waals surface area contributed by atoms with Crippen LogP contribution in [0, 0.1) is 11.8 Å². The first kappa shape index (κ1) is 17.0. The second-order valence-corrected chi connectivity index (χ2v) is 7.05. The maximum Gasteiger partial charge on any atom is 0.254 e. The number of carbonyl (C=O) groups excluding carboxylic acids is 2. The molecule has 2 N–H and O–H groups in total. The molecule has 2 saturated carbocycles. The maximum absolute atomic E-state index is 12.8. The zero-order valence-electron chi connectivity index (χ0n) is 14.2. The van der Waals surface area contributed by atoms with Gasteiger partial charge in [0.25, 0.3) is 5.91 Å². The average Bonchev–Trinajstić information content (AvgIpc) is 3.48. The minimum Gasteiger partial charge on any atom is -0.396 e. The lowest BCUT2D eigenvalue weighted by Gasteiger charge is -2.22. The molecule has 2 unspecified atom stereocenters. The van der Waals surface area contributed by atoms with Crippen LogP contribution in [-0.4, -0.2) is 41.0 Å². The summed E-state index contributed by atoms with van der Waals surface area (Å²) in [6, 6.07) is 7.56. The van der Waals surface area contributed by atoms with Crippen LogP contribution < -0.4 is 5.32 Å². The Morgan fingerprint density at radius 1 is 1.29 bits per heavy atom. The fraction of sp³-hybridized carbons (Fsp3) is 0.579. The lowest BCUT2D eigenvalue weighted by atomic mass is 10.1.